The van der Waals surface area contributed by atoms with Crippen LogP contribution in [0, 0.1) is 13.7 Å². The number of aromatic hydroxyl groups is 1. The number of Topliss-reactive ketones (excluding diaryl/α,β-unsaturated/α-hetero) is 1. The molecule has 6 heteroatoms. The van der Waals surface area contributed by atoms with Crippen molar-refractivity contribution in [1.82, 2.24) is 0 Å². The van der Waals surface area contributed by atoms with Crippen molar-refractivity contribution in [1.29, 1.82) is 0 Å². The fourth-order valence-electron chi connectivity index (χ4n) is 1.08. The molecule has 0 heterocycles. The van der Waals surface area contributed by atoms with Crippen LogP contribution in [0.4, 0.5) is 5.69 Å². The van der Waals surface area contributed by atoms with E-state index in [2.05, 4.69) is 0 Å². The molecule has 0 saturated heterocycles. The van der Waals surface area contributed by atoms with E-state index < -0.39 is 10.7 Å². The fraction of sp³-hybridized carbons (Fsp3) is 0.125. The molecule has 0 amide bonds. The largest absolute Gasteiger partial charge is 0.507 e. The zero-order valence-electron chi connectivity index (χ0n) is 7.15. The Hall–Kier alpha value is -1.18. The van der Waals surface area contributed by atoms with Gasteiger partial charge in [0.15, 0.2) is 5.78 Å². The number of nitro groups is 1. The van der Waals surface area contributed by atoms with E-state index in [1.807, 2.05) is 0 Å². The van der Waals surface area contributed by atoms with Gasteiger partial charge < -0.3 is 5.11 Å². The second-order valence-electron chi connectivity index (χ2n) is 2.60. The van der Waals surface area contributed by atoms with Crippen molar-refractivity contribution in [2.75, 3.05) is 0 Å². The molecule has 1 rings (SSSR count). The summed E-state index contributed by atoms with van der Waals surface area (Å²) in [6, 6.07) is 2.66. The summed E-state index contributed by atoms with van der Waals surface area (Å²) in [5.74, 6) is -0.877. The van der Waals surface area contributed by atoms with Gasteiger partial charge in [0.1, 0.15) is 11.3 Å². The molecule has 0 atom stereocenters. The first-order valence-corrected chi connectivity index (χ1v) is 4.69. The van der Waals surface area contributed by atoms with Crippen molar-refractivity contribution in [3.05, 3.63) is 31.4 Å². The number of nitrogens with zero attached hydrogens (tertiary/aromatic N) is 1. The summed E-state index contributed by atoms with van der Waals surface area (Å²) in [6.45, 7) is 1.18. The fourth-order valence-corrected chi connectivity index (χ4v) is 1.73. The maximum Gasteiger partial charge on any atom is 0.297 e. The summed E-state index contributed by atoms with van der Waals surface area (Å²) in [5, 5.41) is 19.9. The van der Waals surface area contributed by atoms with Crippen LogP contribution in [-0.4, -0.2) is 15.8 Å². The van der Waals surface area contributed by atoms with E-state index in [0.29, 0.717) is 3.57 Å². The van der Waals surface area contributed by atoms with Gasteiger partial charge in [-0.2, -0.15) is 0 Å². The van der Waals surface area contributed by atoms with Gasteiger partial charge in [-0.1, -0.05) is 0 Å². The van der Waals surface area contributed by atoms with E-state index in [9.17, 15) is 20.0 Å². The second-order valence-corrected chi connectivity index (χ2v) is 3.77. The molecule has 5 nitrogen and oxygen atoms in total. The molecule has 0 aliphatic heterocycles. The molecule has 14 heavy (non-hydrogen) atoms. The van der Waals surface area contributed by atoms with Gasteiger partial charge in [0.25, 0.3) is 5.69 Å². The first kappa shape index (κ1) is 10.9. The number of rotatable bonds is 2. The Balaban J connectivity index is 3.58. The van der Waals surface area contributed by atoms with Crippen LogP contribution in [0.25, 0.3) is 0 Å². The van der Waals surface area contributed by atoms with Gasteiger partial charge in [0.2, 0.25) is 0 Å². The molecule has 1 aromatic rings. The van der Waals surface area contributed by atoms with E-state index in [1.165, 1.54) is 19.1 Å². The van der Waals surface area contributed by atoms with E-state index in [4.69, 9.17) is 0 Å². The van der Waals surface area contributed by atoms with Gasteiger partial charge >= 0.3 is 0 Å². The lowest BCUT2D eigenvalue weighted by Crippen LogP contribution is -2.02. The highest BCUT2D eigenvalue weighted by molar-refractivity contribution is 14.1. The second kappa shape index (κ2) is 3.91. The molecule has 0 spiro atoms. The predicted octanol–water partition coefficient (Wildman–Crippen LogP) is 2.11. The number of phenols is 1. The minimum atomic E-state index is -0.668. The van der Waals surface area contributed by atoms with Crippen LogP contribution in [0.5, 0.6) is 5.75 Å². The van der Waals surface area contributed by atoms with Crippen LogP contribution in [0.3, 0.4) is 0 Å². The summed E-state index contributed by atoms with van der Waals surface area (Å²) in [5.41, 5.74) is -0.569. The summed E-state index contributed by atoms with van der Waals surface area (Å²) in [6.07, 6.45) is 0. The molecule has 0 aliphatic carbocycles. The summed E-state index contributed by atoms with van der Waals surface area (Å²) in [4.78, 5) is 21.0. The lowest BCUT2D eigenvalue weighted by Gasteiger charge is -2.03. The molecule has 1 N–H and O–H groups in total. The van der Waals surface area contributed by atoms with Crippen LogP contribution in [0.2, 0.25) is 0 Å². The normalized spacial score (nSPS) is 9.86. The summed E-state index contributed by atoms with van der Waals surface area (Å²) < 4.78 is 0.329. The Morgan fingerprint density at radius 3 is 2.50 bits per heavy atom. The first-order valence-electron chi connectivity index (χ1n) is 3.62. The van der Waals surface area contributed by atoms with Crippen LogP contribution in [0.15, 0.2) is 12.1 Å². The van der Waals surface area contributed by atoms with Crippen molar-refractivity contribution in [2.45, 2.75) is 6.92 Å². The lowest BCUT2D eigenvalue weighted by molar-refractivity contribution is -0.386. The van der Waals surface area contributed by atoms with E-state index in [0.717, 1.165) is 0 Å². The first-order chi connectivity index (χ1) is 6.45. The number of ketones is 1. The van der Waals surface area contributed by atoms with Crippen molar-refractivity contribution in [3.63, 3.8) is 0 Å². The maximum atomic E-state index is 11.1. The van der Waals surface area contributed by atoms with Gasteiger partial charge in [-0.3, -0.25) is 14.9 Å². The molecule has 1 aromatic carbocycles. The van der Waals surface area contributed by atoms with Crippen LogP contribution in [0.1, 0.15) is 17.3 Å². The molecule has 74 valence electrons. The standard InChI is InChI=1S/C8H6INO4/c1-4(11)7-6(12)3-2-5(9)8(7)10(13)14/h2-3,12H,1H3. The van der Waals surface area contributed by atoms with Gasteiger partial charge in [0, 0.05) is 0 Å². The number of nitro benzene ring substituents is 1. The van der Waals surface area contributed by atoms with E-state index in [-0.39, 0.29) is 17.0 Å². The zero-order valence-corrected chi connectivity index (χ0v) is 9.31. The van der Waals surface area contributed by atoms with Crippen LogP contribution in [-0.2, 0) is 0 Å². The molecule has 0 aromatic heterocycles. The Labute approximate surface area is 93.0 Å². The Morgan fingerprint density at radius 2 is 2.14 bits per heavy atom. The third-order valence-electron chi connectivity index (χ3n) is 1.64. The number of hydrogen-bond donors (Lipinski definition) is 1. The Bertz CT molecular complexity index is 377. The third-order valence-corrected chi connectivity index (χ3v) is 2.51. The lowest BCUT2D eigenvalue weighted by atomic mass is 10.1. The Morgan fingerprint density at radius 1 is 1.57 bits per heavy atom. The van der Waals surface area contributed by atoms with Gasteiger partial charge in [0.05, 0.1) is 8.49 Å². The third kappa shape index (κ3) is 1.84. The highest BCUT2D eigenvalue weighted by atomic mass is 127. The number of hydrogen-bond acceptors (Lipinski definition) is 4. The minimum Gasteiger partial charge on any atom is -0.507 e. The van der Waals surface area contributed by atoms with Gasteiger partial charge in [-0.05, 0) is 41.6 Å². The number of carbonyl (C=O) groups is 1. The zero-order chi connectivity index (χ0) is 10.9. The molecule has 0 radical (unpaired) electrons. The van der Waals surface area contributed by atoms with Crippen molar-refractivity contribution in [3.8, 4) is 5.75 Å². The maximum absolute atomic E-state index is 11.1. The molecule has 0 aliphatic rings. The molecule has 0 bridgehead atoms. The molecule has 0 fully saturated rings. The van der Waals surface area contributed by atoms with Gasteiger partial charge in [-0.15, -0.1) is 0 Å². The van der Waals surface area contributed by atoms with Crippen molar-refractivity contribution < 1.29 is 14.8 Å². The van der Waals surface area contributed by atoms with E-state index >= 15 is 0 Å². The highest BCUT2D eigenvalue weighted by Gasteiger charge is 2.24. The molecule has 0 unspecified atom stereocenters. The topological polar surface area (TPSA) is 80.4 Å². The van der Waals surface area contributed by atoms with Crippen molar-refractivity contribution >= 4 is 34.1 Å². The summed E-state index contributed by atoms with van der Waals surface area (Å²) >= 11 is 1.75. The molecular weight excluding hydrogens is 301 g/mol. The SMILES string of the molecule is CC(=O)c1c(O)ccc(I)c1[N+](=O)[O-]. The van der Waals surface area contributed by atoms with Crippen molar-refractivity contribution in [2.24, 2.45) is 0 Å². The average molecular weight is 307 g/mol. The predicted molar refractivity (Wildman–Crippen MR) is 57.5 cm³/mol. The highest BCUT2D eigenvalue weighted by Crippen LogP contribution is 2.32. The van der Waals surface area contributed by atoms with Gasteiger partial charge in [-0.25, -0.2) is 0 Å². The number of benzene rings is 1. The van der Waals surface area contributed by atoms with Crippen LogP contribution < -0.4 is 0 Å². The molecular formula is C8H6INO4. The Kier molecular flexibility index (Phi) is 3.04. The average Bonchev–Trinajstić information content (AvgIpc) is 2.07. The van der Waals surface area contributed by atoms with Crippen LogP contribution >= 0.6 is 22.6 Å². The van der Waals surface area contributed by atoms with E-state index in [1.54, 1.807) is 22.6 Å². The molecule has 0 saturated carbocycles. The smallest absolute Gasteiger partial charge is 0.297 e. The quantitative estimate of drug-likeness (QED) is 0.393. The number of halogens is 1. The number of phenolic OH excluding ortho intramolecular Hbond substituents is 1. The minimum absolute atomic E-state index is 0.234. The monoisotopic (exact) mass is 307 g/mol. The summed E-state index contributed by atoms with van der Waals surface area (Å²) in [7, 11) is 0. The number of carbonyl (C=O) groups excluding carboxylic acids is 1.